The smallest absolute Gasteiger partial charge is 0.281 e. The number of aromatic nitrogens is 2. The zero-order valence-corrected chi connectivity index (χ0v) is 23.1. The molecule has 11 heteroatoms. The van der Waals surface area contributed by atoms with Gasteiger partial charge < -0.3 is 19.9 Å². The Bertz CT molecular complexity index is 1590. The Hall–Kier alpha value is -3.89. The molecule has 1 aliphatic heterocycles. The number of rotatable bonds is 8. The number of ether oxygens (including phenoxy) is 1. The molecule has 3 heterocycles. The summed E-state index contributed by atoms with van der Waals surface area (Å²) in [4.78, 5) is 28.8. The van der Waals surface area contributed by atoms with E-state index in [0.29, 0.717) is 23.9 Å². The van der Waals surface area contributed by atoms with Gasteiger partial charge in [0.15, 0.2) is 5.67 Å². The fourth-order valence-corrected chi connectivity index (χ4v) is 4.96. The van der Waals surface area contributed by atoms with Crippen LogP contribution in [0.5, 0.6) is 0 Å². The van der Waals surface area contributed by atoms with Crippen LogP contribution >= 0.6 is 11.6 Å². The number of anilines is 1. The van der Waals surface area contributed by atoms with Gasteiger partial charge in [-0.15, -0.1) is 0 Å². The molecule has 2 aromatic carbocycles. The molecular formula is C30H28ClF3N4O3. The van der Waals surface area contributed by atoms with Crippen LogP contribution in [0.4, 0.5) is 18.9 Å². The van der Waals surface area contributed by atoms with E-state index in [9.17, 15) is 22.8 Å². The number of fused-ring (bicyclic) bond motifs is 1. The summed E-state index contributed by atoms with van der Waals surface area (Å²) in [5.41, 5.74) is 0.399. The van der Waals surface area contributed by atoms with Crippen molar-refractivity contribution < 1.29 is 27.5 Å². The lowest BCUT2D eigenvalue weighted by atomic mass is 10.1. The molecule has 214 valence electrons. The van der Waals surface area contributed by atoms with Crippen molar-refractivity contribution in [3.63, 3.8) is 0 Å². The molecule has 2 N–H and O–H groups in total. The topological polar surface area (TPSA) is 85.3 Å². The molecular weight excluding hydrogens is 557 g/mol. The number of alkyl halides is 3. The molecule has 1 atom stereocenters. The highest BCUT2D eigenvalue weighted by atomic mass is 35.5. The van der Waals surface area contributed by atoms with Gasteiger partial charge in [0, 0.05) is 46.7 Å². The highest BCUT2D eigenvalue weighted by Crippen LogP contribution is 2.36. The van der Waals surface area contributed by atoms with E-state index in [1.807, 2.05) is 36.4 Å². The third kappa shape index (κ3) is 6.23. The van der Waals surface area contributed by atoms with Gasteiger partial charge in [-0.3, -0.25) is 14.6 Å². The molecule has 0 radical (unpaired) electrons. The van der Waals surface area contributed by atoms with Gasteiger partial charge in [0.05, 0.1) is 18.2 Å². The molecule has 2 aromatic heterocycles. The Balaban J connectivity index is 1.45. The minimum absolute atomic E-state index is 0.129. The van der Waals surface area contributed by atoms with Gasteiger partial charge in [-0.25, -0.2) is 13.2 Å². The number of carbonyl (C=O) groups is 2. The maximum Gasteiger partial charge on any atom is 0.281 e. The highest BCUT2D eigenvalue weighted by Gasteiger charge is 2.27. The second-order valence-electron chi connectivity index (χ2n) is 10.4. The number of amides is 2. The van der Waals surface area contributed by atoms with Gasteiger partial charge in [0.2, 0.25) is 0 Å². The van der Waals surface area contributed by atoms with Gasteiger partial charge in [-0.05, 0) is 73.9 Å². The van der Waals surface area contributed by atoms with Crippen molar-refractivity contribution in [1.82, 2.24) is 14.9 Å². The molecule has 5 rings (SSSR count). The number of carbonyl (C=O) groups excluding carboxylic acids is 2. The lowest BCUT2D eigenvalue weighted by Gasteiger charge is -2.17. The first kappa shape index (κ1) is 28.6. The van der Waals surface area contributed by atoms with Crippen molar-refractivity contribution in [3.05, 3.63) is 82.6 Å². The minimum atomic E-state index is -3.00. The molecule has 1 aliphatic rings. The maximum absolute atomic E-state index is 13.8. The lowest BCUT2D eigenvalue weighted by molar-refractivity contribution is -0.130. The quantitative estimate of drug-likeness (QED) is 0.237. The van der Waals surface area contributed by atoms with Crippen LogP contribution < -0.4 is 10.6 Å². The van der Waals surface area contributed by atoms with E-state index in [1.165, 1.54) is 6.07 Å². The molecule has 1 fully saturated rings. The number of halogens is 4. The Morgan fingerprint density at radius 1 is 1.15 bits per heavy atom. The highest BCUT2D eigenvalue weighted by molar-refractivity contribution is 6.30. The molecule has 2 amide bonds. The van der Waals surface area contributed by atoms with Crippen molar-refractivity contribution in [2.75, 3.05) is 18.5 Å². The van der Waals surface area contributed by atoms with Gasteiger partial charge in [0.1, 0.15) is 5.69 Å². The van der Waals surface area contributed by atoms with Crippen LogP contribution in [0.2, 0.25) is 5.02 Å². The zero-order valence-electron chi connectivity index (χ0n) is 22.4. The van der Waals surface area contributed by atoms with E-state index in [4.69, 9.17) is 16.3 Å². The summed E-state index contributed by atoms with van der Waals surface area (Å²) in [5, 5.41) is 6.55. The standard InChI is InChI=1S/C30H28ClF3N4O3/c1-30(2,34)29(40)36-15-17-11-23(26(27(32)33)35-14-17)28(39)37-21-7-8-24-19(12-21)13-25(18-3-5-20(31)6-4-18)38(24)22-9-10-41-16-22/h3-8,11-14,22,27H,9-10,15-16H2,1-2H3,(H,36,40)(H,37,39). The van der Waals surface area contributed by atoms with Crippen molar-refractivity contribution in [1.29, 1.82) is 0 Å². The molecule has 4 aromatic rings. The third-order valence-electron chi connectivity index (χ3n) is 6.93. The molecule has 0 saturated carbocycles. The summed E-state index contributed by atoms with van der Waals surface area (Å²) in [6.07, 6.45) is -1.02. The first-order chi connectivity index (χ1) is 19.5. The number of nitrogens with one attached hydrogen (secondary N) is 2. The second-order valence-corrected chi connectivity index (χ2v) is 10.8. The van der Waals surface area contributed by atoms with Gasteiger partial charge >= 0.3 is 0 Å². The number of benzene rings is 2. The molecule has 7 nitrogen and oxygen atoms in total. The molecule has 1 saturated heterocycles. The summed E-state index contributed by atoms with van der Waals surface area (Å²) in [6.45, 7) is 3.26. The molecule has 0 bridgehead atoms. The van der Waals surface area contributed by atoms with E-state index >= 15 is 0 Å². The maximum atomic E-state index is 13.8. The number of pyridine rings is 1. The van der Waals surface area contributed by atoms with Crippen molar-refractivity contribution in [2.24, 2.45) is 0 Å². The van der Waals surface area contributed by atoms with Crippen LogP contribution in [0.1, 0.15) is 54.4 Å². The van der Waals surface area contributed by atoms with Crippen molar-refractivity contribution in [2.45, 2.75) is 44.9 Å². The number of hydrogen-bond acceptors (Lipinski definition) is 4. The van der Waals surface area contributed by atoms with E-state index in [2.05, 4.69) is 20.2 Å². The van der Waals surface area contributed by atoms with Crippen LogP contribution in [-0.2, 0) is 16.1 Å². The molecule has 0 spiro atoms. The Morgan fingerprint density at radius 2 is 1.90 bits per heavy atom. The Morgan fingerprint density at radius 3 is 2.56 bits per heavy atom. The predicted molar refractivity (Wildman–Crippen MR) is 151 cm³/mol. The van der Waals surface area contributed by atoms with E-state index in [1.54, 1.807) is 12.1 Å². The van der Waals surface area contributed by atoms with Gasteiger partial charge in [-0.2, -0.15) is 0 Å². The van der Waals surface area contributed by atoms with Crippen LogP contribution in [0, 0.1) is 0 Å². The second kappa shape index (κ2) is 11.5. The van der Waals surface area contributed by atoms with E-state index in [-0.39, 0.29) is 23.7 Å². The summed E-state index contributed by atoms with van der Waals surface area (Å²) in [6, 6.07) is 16.2. The van der Waals surface area contributed by atoms with Crippen LogP contribution in [0.25, 0.3) is 22.2 Å². The van der Waals surface area contributed by atoms with Gasteiger partial charge in [-0.1, -0.05) is 23.7 Å². The van der Waals surface area contributed by atoms with E-state index < -0.39 is 29.6 Å². The van der Waals surface area contributed by atoms with Crippen molar-refractivity contribution >= 4 is 40.0 Å². The monoisotopic (exact) mass is 584 g/mol. The predicted octanol–water partition coefficient (Wildman–Crippen LogP) is 6.87. The molecule has 0 aliphatic carbocycles. The summed E-state index contributed by atoms with van der Waals surface area (Å²) >= 11 is 6.10. The SMILES string of the molecule is CC(C)(F)C(=O)NCc1cnc(C(F)F)c(C(=O)Nc2ccc3c(c2)cc(-c2ccc(Cl)cc2)n3C2CCOC2)c1. The largest absolute Gasteiger partial charge is 0.379 e. The fourth-order valence-electron chi connectivity index (χ4n) is 4.84. The first-order valence-electron chi connectivity index (χ1n) is 13.1. The van der Waals surface area contributed by atoms with Crippen LogP contribution in [0.3, 0.4) is 0 Å². The Labute approximate surface area is 239 Å². The lowest BCUT2D eigenvalue weighted by Crippen LogP contribution is -2.38. The molecule has 1 unspecified atom stereocenters. The zero-order chi connectivity index (χ0) is 29.3. The normalized spacial score (nSPS) is 15.4. The summed E-state index contributed by atoms with van der Waals surface area (Å²) < 4.78 is 49.2. The average molecular weight is 585 g/mol. The Kier molecular flexibility index (Phi) is 8.06. The van der Waals surface area contributed by atoms with Gasteiger partial charge in [0.25, 0.3) is 18.2 Å². The summed E-state index contributed by atoms with van der Waals surface area (Å²) in [5.74, 6) is -1.66. The molecule has 41 heavy (non-hydrogen) atoms. The summed E-state index contributed by atoms with van der Waals surface area (Å²) in [7, 11) is 0. The van der Waals surface area contributed by atoms with Crippen LogP contribution in [-0.4, -0.2) is 40.2 Å². The van der Waals surface area contributed by atoms with Crippen molar-refractivity contribution in [3.8, 4) is 11.3 Å². The van der Waals surface area contributed by atoms with Crippen LogP contribution in [0.15, 0.2) is 60.8 Å². The minimum Gasteiger partial charge on any atom is -0.379 e. The number of nitrogens with zero attached hydrogens (tertiary/aromatic N) is 2. The fraction of sp³-hybridized carbons (Fsp3) is 0.300. The average Bonchev–Trinajstić information content (AvgIpc) is 3.59. The van der Waals surface area contributed by atoms with E-state index in [0.717, 1.165) is 48.6 Å². The number of hydrogen-bond donors (Lipinski definition) is 2. The first-order valence-corrected chi connectivity index (χ1v) is 13.4. The third-order valence-corrected chi connectivity index (χ3v) is 7.18.